The number of carbonyl (C=O) groups excluding carboxylic acids is 2. The van der Waals surface area contributed by atoms with E-state index in [1.165, 1.54) is 0 Å². The fourth-order valence-corrected chi connectivity index (χ4v) is 7.48. The molecule has 0 aromatic carbocycles. The van der Waals surface area contributed by atoms with Crippen molar-refractivity contribution in [1.29, 1.82) is 0 Å². The van der Waals surface area contributed by atoms with Crippen LogP contribution in [0.3, 0.4) is 0 Å². The van der Waals surface area contributed by atoms with E-state index in [1.54, 1.807) is 0 Å². The molecule has 1 spiro atoms. The molecule has 2 aliphatic heterocycles. The highest BCUT2D eigenvalue weighted by atomic mass is 16.3. The first-order valence-electron chi connectivity index (χ1n) is 9.76. The second-order valence-electron chi connectivity index (χ2n) is 9.17. The average Bonchev–Trinajstić information content (AvgIpc) is 3.05. The molecule has 0 aromatic rings. The van der Waals surface area contributed by atoms with Gasteiger partial charge in [-0.1, -0.05) is 26.5 Å². The number of hydrogen-bond acceptors (Lipinski definition) is 3. The van der Waals surface area contributed by atoms with Gasteiger partial charge in [0.15, 0.2) is 0 Å². The number of aliphatic hydroxyl groups is 1. The van der Waals surface area contributed by atoms with Crippen LogP contribution in [0, 0.1) is 28.6 Å². The third kappa shape index (κ3) is 1.47. The monoisotopic (exact) mass is 341 g/mol. The van der Waals surface area contributed by atoms with Crippen LogP contribution >= 0.6 is 0 Å². The molecule has 5 rings (SSSR count). The summed E-state index contributed by atoms with van der Waals surface area (Å²) in [6, 6.07) is 0.147. The molecule has 2 saturated carbocycles. The number of hydrogen-bond donors (Lipinski definition) is 1. The Kier molecular flexibility index (Phi) is 2.94. The van der Waals surface area contributed by atoms with Crippen molar-refractivity contribution in [3.8, 4) is 0 Å². The van der Waals surface area contributed by atoms with Gasteiger partial charge in [0, 0.05) is 29.8 Å². The Balaban J connectivity index is 1.84. The maximum absolute atomic E-state index is 13.9. The number of piperidine rings is 1. The topological polar surface area (TPSA) is 57.6 Å². The van der Waals surface area contributed by atoms with E-state index >= 15 is 0 Å². The molecule has 2 unspecified atom stereocenters. The summed E-state index contributed by atoms with van der Waals surface area (Å²) < 4.78 is 0. The number of aliphatic hydroxyl groups excluding tert-OH is 1. The highest BCUT2D eigenvalue weighted by molar-refractivity contribution is 5.97. The van der Waals surface area contributed by atoms with Crippen molar-refractivity contribution < 1.29 is 14.7 Å². The predicted octanol–water partition coefficient (Wildman–Crippen LogP) is 2.48. The first-order chi connectivity index (χ1) is 11.9. The van der Waals surface area contributed by atoms with Crippen LogP contribution in [-0.4, -0.2) is 40.4 Å². The van der Waals surface area contributed by atoms with Gasteiger partial charge in [-0.05, 0) is 49.2 Å². The lowest BCUT2D eigenvalue weighted by molar-refractivity contribution is -0.158. The Morgan fingerprint density at radius 2 is 2.08 bits per heavy atom. The van der Waals surface area contributed by atoms with Crippen molar-refractivity contribution in [3.05, 3.63) is 23.8 Å². The van der Waals surface area contributed by atoms with Gasteiger partial charge >= 0.3 is 0 Å². The van der Waals surface area contributed by atoms with E-state index in [0.717, 1.165) is 37.0 Å². The lowest BCUT2D eigenvalue weighted by Crippen LogP contribution is -2.65. The average molecular weight is 341 g/mol. The lowest BCUT2D eigenvalue weighted by Gasteiger charge is -2.59. The van der Waals surface area contributed by atoms with Crippen LogP contribution < -0.4 is 0 Å². The van der Waals surface area contributed by atoms with Gasteiger partial charge in [0.05, 0.1) is 11.5 Å². The van der Waals surface area contributed by atoms with Crippen LogP contribution in [0.5, 0.6) is 0 Å². The van der Waals surface area contributed by atoms with Crippen molar-refractivity contribution in [2.75, 3.05) is 6.54 Å². The number of fused-ring (bicyclic) bond motifs is 1. The van der Waals surface area contributed by atoms with E-state index in [1.807, 2.05) is 6.08 Å². The van der Waals surface area contributed by atoms with E-state index in [-0.39, 0.29) is 35.1 Å². The molecule has 2 heterocycles. The standard InChI is InChI=1S/C21H27NO3/c1-4-12-7-8-21-17(12)15(23)6-5-14-19(25)22-10-11(2)13(18(21)24)9-16(22)20(14,21)3/h4,11,13-16,23H,1,5-10H2,2-3H3/t11-,13?,14-,15-,16?,20-,21+/m1/s1. The zero-order valence-electron chi connectivity index (χ0n) is 15.1. The summed E-state index contributed by atoms with van der Waals surface area (Å²) >= 11 is 0. The van der Waals surface area contributed by atoms with Crippen molar-refractivity contribution in [2.24, 2.45) is 28.6 Å². The summed E-state index contributed by atoms with van der Waals surface area (Å²) in [7, 11) is 0. The smallest absolute Gasteiger partial charge is 0.226 e. The fraction of sp³-hybridized carbons (Fsp3) is 0.714. The molecule has 4 heteroatoms. The number of Topliss-reactive ketones (excluding diaryl/α,β-unsaturated/α-hetero) is 1. The van der Waals surface area contributed by atoms with Crippen molar-refractivity contribution in [1.82, 2.24) is 4.90 Å². The molecule has 4 nitrogen and oxygen atoms in total. The Morgan fingerprint density at radius 1 is 1.32 bits per heavy atom. The van der Waals surface area contributed by atoms with E-state index < -0.39 is 11.5 Å². The molecule has 1 N–H and O–H groups in total. The summed E-state index contributed by atoms with van der Waals surface area (Å²) in [6.45, 7) is 8.98. The molecular weight excluding hydrogens is 314 g/mol. The van der Waals surface area contributed by atoms with Gasteiger partial charge in [0.2, 0.25) is 5.91 Å². The Hall–Kier alpha value is -1.42. The second-order valence-corrected chi connectivity index (χ2v) is 9.17. The molecule has 5 aliphatic rings. The maximum atomic E-state index is 13.9. The maximum Gasteiger partial charge on any atom is 0.226 e. The zero-order valence-corrected chi connectivity index (χ0v) is 15.1. The minimum Gasteiger partial charge on any atom is -0.389 e. The lowest BCUT2D eigenvalue weighted by atomic mass is 9.45. The molecule has 7 atom stereocenters. The zero-order chi connectivity index (χ0) is 17.7. The molecule has 0 aromatic heterocycles. The summed E-state index contributed by atoms with van der Waals surface area (Å²) in [5.74, 6) is 0.631. The highest BCUT2D eigenvalue weighted by Gasteiger charge is 2.75. The SMILES string of the molecule is C=CC1=C2[C@H](O)CC[C@@H]3C(=O)N4C[C@@H](C)C5CC4[C@]3(C)[C@]2(CC1)C5=O. The summed E-state index contributed by atoms with van der Waals surface area (Å²) in [6.07, 6.45) is 4.84. The van der Waals surface area contributed by atoms with Crippen LogP contribution in [0.15, 0.2) is 23.8 Å². The van der Waals surface area contributed by atoms with Crippen LogP contribution in [0.25, 0.3) is 0 Å². The third-order valence-corrected chi connectivity index (χ3v) is 8.58. The van der Waals surface area contributed by atoms with Gasteiger partial charge in [-0.3, -0.25) is 9.59 Å². The summed E-state index contributed by atoms with van der Waals surface area (Å²) in [5, 5.41) is 11.0. The largest absolute Gasteiger partial charge is 0.389 e. The highest BCUT2D eigenvalue weighted by Crippen LogP contribution is 2.71. The third-order valence-electron chi connectivity index (χ3n) is 8.58. The number of carbonyl (C=O) groups is 2. The predicted molar refractivity (Wildman–Crippen MR) is 93.5 cm³/mol. The Labute approximate surface area is 149 Å². The second kappa shape index (κ2) is 4.64. The van der Waals surface area contributed by atoms with Gasteiger partial charge in [0.25, 0.3) is 0 Å². The number of allylic oxidation sites excluding steroid dienone is 2. The fourth-order valence-electron chi connectivity index (χ4n) is 7.48. The number of amides is 1. The van der Waals surface area contributed by atoms with Gasteiger partial charge in [-0.2, -0.15) is 0 Å². The Bertz CT molecular complexity index is 739. The van der Waals surface area contributed by atoms with E-state index in [0.29, 0.717) is 18.6 Å². The van der Waals surface area contributed by atoms with Crippen LogP contribution in [-0.2, 0) is 9.59 Å². The molecule has 4 fully saturated rings. The molecule has 25 heavy (non-hydrogen) atoms. The van der Waals surface area contributed by atoms with Gasteiger partial charge in [-0.25, -0.2) is 0 Å². The van der Waals surface area contributed by atoms with E-state index in [2.05, 4.69) is 25.3 Å². The van der Waals surface area contributed by atoms with Crippen LogP contribution in [0.1, 0.15) is 46.0 Å². The van der Waals surface area contributed by atoms with Crippen molar-refractivity contribution in [3.63, 3.8) is 0 Å². The van der Waals surface area contributed by atoms with E-state index in [4.69, 9.17) is 0 Å². The number of rotatable bonds is 1. The first-order valence-corrected chi connectivity index (χ1v) is 9.76. The molecule has 3 aliphatic carbocycles. The first kappa shape index (κ1) is 15.8. The number of ketones is 1. The molecular formula is C21H27NO3. The summed E-state index contributed by atoms with van der Waals surface area (Å²) in [4.78, 5) is 29.3. The quantitative estimate of drug-likeness (QED) is 0.797. The van der Waals surface area contributed by atoms with Gasteiger partial charge in [-0.15, -0.1) is 0 Å². The van der Waals surface area contributed by atoms with Crippen molar-refractivity contribution in [2.45, 2.75) is 58.1 Å². The number of nitrogens with zero attached hydrogens (tertiary/aromatic N) is 1. The molecule has 134 valence electrons. The molecule has 1 amide bonds. The normalized spacial score (nSPS) is 50.8. The van der Waals surface area contributed by atoms with Gasteiger partial charge < -0.3 is 10.0 Å². The van der Waals surface area contributed by atoms with Gasteiger partial charge in [0.1, 0.15) is 5.78 Å². The van der Waals surface area contributed by atoms with E-state index in [9.17, 15) is 14.7 Å². The molecule has 0 radical (unpaired) electrons. The van der Waals surface area contributed by atoms with Crippen molar-refractivity contribution >= 4 is 11.7 Å². The van der Waals surface area contributed by atoms with Crippen LogP contribution in [0.2, 0.25) is 0 Å². The summed E-state index contributed by atoms with van der Waals surface area (Å²) in [5.41, 5.74) is 0.941. The molecule has 2 bridgehead atoms. The van der Waals surface area contributed by atoms with Crippen LogP contribution in [0.4, 0.5) is 0 Å². The minimum absolute atomic E-state index is 0.0188. The molecule has 2 saturated heterocycles. The Morgan fingerprint density at radius 3 is 2.80 bits per heavy atom. The minimum atomic E-state index is -0.663.